The van der Waals surface area contributed by atoms with Crippen LogP contribution in [0.25, 0.3) is 0 Å². The van der Waals surface area contributed by atoms with Gasteiger partial charge in [0.1, 0.15) is 0 Å². The third kappa shape index (κ3) is 13.2. The molecule has 13 nitrogen and oxygen atoms in total. The zero-order valence-electron chi connectivity index (χ0n) is 34.5. The van der Waals surface area contributed by atoms with Crippen LogP contribution >= 0.6 is 0 Å². The summed E-state index contributed by atoms with van der Waals surface area (Å²) in [6, 6.07) is 36.7. The van der Waals surface area contributed by atoms with Gasteiger partial charge in [0.25, 0.3) is 0 Å². The summed E-state index contributed by atoms with van der Waals surface area (Å²) in [6.45, 7) is 3.74. The van der Waals surface area contributed by atoms with E-state index in [4.69, 9.17) is 28.4 Å². The van der Waals surface area contributed by atoms with Gasteiger partial charge in [-0.1, -0.05) is 59.7 Å². The Morgan fingerprint density at radius 2 is 0.889 bits per heavy atom. The summed E-state index contributed by atoms with van der Waals surface area (Å²) in [5.74, 6) is -4.69. The van der Waals surface area contributed by atoms with Crippen LogP contribution in [0.1, 0.15) is 55.8 Å². The van der Waals surface area contributed by atoms with E-state index in [2.05, 4.69) is 12.1 Å². The molecule has 0 fully saturated rings. The number of carbonyl (C=O) groups is 5. The van der Waals surface area contributed by atoms with Gasteiger partial charge in [-0.25, -0.2) is 4.79 Å². The minimum absolute atomic E-state index is 0. The van der Waals surface area contributed by atoms with E-state index in [0.717, 1.165) is 11.1 Å². The second-order valence-corrected chi connectivity index (χ2v) is 13.7. The molecule has 63 heavy (non-hydrogen) atoms. The molecule has 0 saturated heterocycles. The first-order valence-electron chi connectivity index (χ1n) is 18.6. The Bertz CT molecular complexity index is 2400. The van der Waals surface area contributed by atoms with Crippen molar-refractivity contribution in [2.45, 2.75) is 32.3 Å². The maximum Gasteiger partial charge on any atom is 0.336 e. The van der Waals surface area contributed by atoms with Gasteiger partial charge in [0.05, 0.1) is 27.1 Å². The molecule has 0 heterocycles. The van der Waals surface area contributed by atoms with Crippen LogP contribution in [0.15, 0.2) is 121 Å². The fourth-order valence-electron chi connectivity index (χ4n) is 5.81. The average molecular weight is 1000 g/mol. The molecule has 6 aromatic carbocycles. The van der Waals surface area contributed by atoms with Crippen LogP contribution in [0, 0.1) is 26.0 Å². The number of carbonyl (C=O) groups excluding carboxylic acids is 4. The van der Waals surface area contributed by atoms with Gasteiger partial charge in [-0.2, -0.15) is 0 Å². The Labute approximate surface area is 413 Å². The Balaban J connectivity index is 0.00000436. The van der Waals surface area contributed by atoms with Crippen molar-refractivity contribution < 1.29 is 128 Å². The topological polar surface area (TPSA) is 181 Å². The number of carboxylic acid groups (broad SMARTS) is 1. The van der Waals surface area contributed by atoms with Gasteiger partial charge in [0.2, 0.25) is 0 Å². The summed E-state index contributed by atoms with van der Waals surface area (Å²) in [4.78, 5) is 66.4. The van der Waals surface area contributed by atoms with Crippen molar-refractivity contribution in [3.05, 3.63) is 167 Å². The molecule has 0 saturated carbocycles. The number of esters is 2. The minimum Gasteiger partial charge on any atom is -0.523 e. The van der Waals surface area contributed by atoms with E-state index in [9.17, 15) is 34.2 Å². The molecule has 0 amide bonds. The number of methoxy groups -OCH3 is 2. The van der Waals surface area contributed by atoms with Crippen molar-refractivity contribution in [1.29, 1.82) is 0 Å². The van der Waals surface area contributed by atoms with E-state index in [1.807, 2.05) is 13.8 Å². The number of carboxylic acids is 1. The Hall–Kier alpha value is -5.56. The summed E-state index contributed by atoms with van der Waals surface area (Å²) in [7, 11) is 2.93. The van der Waals surface area contributed by atoms with Crippen molar-refractivity contribution in [1.82, 2.24) is 0 Å². The third-order valence-corrected chi connectivity index (χ3v) is 9.17. The maximum atomic E-state index is 13.5. The molecule has 6 rings (SSSR count). The summed E-state index contributed by atoms with van der Waals surface area (Å²) in [5, 5.41) is 21.5. The summed E-state index contributed by atoms with van der Waals surface area (Å²) in [5.41, 5.74) is -0.289. The summed E-state index contributed by atoms with van der Waals surface area (Å²) in [6.07, 6.45) is -2.50. The minimum atomic E-state index is -3.06. The van der Waals surface area contributed by atoms with Gasteiger partial charge >= 0.3 is 17.9 Å². The fourth-order valence-corrected chi connectivity index (χ4v) is 5.81. The third-order valence-electron chi connectivity index (χ3n) is 9.17. The molecular weight excluding hydrogens is 962 g/mol. The van der Waals surface area contributed by atoms with Gasteiger partial charge in [0.15, 0.2) is 40.2 Å². The van der Waals surface area contributed by atoms with Crippen LogP contribution < -0.4 is 28.4 Å². The molecule has 2 radical (unpaired) electrons. The molecule has 0 spiro atoms. The van der Waals surface area contributed by atoms with Crippen LogP contribution in [0.5, 0.6) is 46.0 Å². The van der Waals surface area contributed by atoms with Crippen LogP contribution in [-0.4, -0.2) is 59.5 Å². The molecule has 316 valence electrons. The van der Waals surface area contributed by atoms with Crippen molar-refractivity contribution in [3.8, 4) is 46.0 Å². The summed E-state index contributed by atoms with van der Waals surface area (Å²) < 4.78 is 33.2. The SMILES string of the molecule is COc1[c-]cc(Oc2ccc(C(=O)c3ccc(C)cc3)cc2OC(=O)CC(O)(CC(=O)Oc2cc(C(=O)c3ccc(C)cc3)ccc2Oc2c[c-]c(OC)cc2)C(=O)O)cc1.[Y].[Y]. The second kappa shape index (κ2) is 22.7. The number of benzene rings is 6. The Morgan fingerprint density at radius 3 is 1.21 bits per heavy atom. The van der Waals surface area contributed by atoms with Crippen molar-refractivity contribution in [3.63, 3.8) is 0 Å². The molecule has 0 aliphatic carbocycles. The van der Waals surface area contributed by atoms with Gasteiger partial charge in [-0.15, -0.1) is 48.5 Å². The molecule has 0 unspecified atom stereocenters. The van der Waals surface area contributed by atoms with E-state index >= 15 is 0 Å². The van der Waals surface area contributed by atoms with Gasteiger partial charge < -0.3 is 38.6 Å². The number of hydrogen-bond acceptors (Lipinski definition) is 12. The summed E-state index contributed by atoms with van der Waals surface area (Å²) >= 11 is 0. The number of rotatable bonds is 17. The number of aliphatic carboxylic acids is 1. The molecule has 6 aromatic rings. The molecule has 15 heteroatoms. The van der Waals surface area contributed by atoms with E-state index < -0.39 is 47.9 Å². The second-order valence-electron chi connectivity index (χ2n) is 13.7. The molecule has 0 aliphatic rings. The van der Waals surface area contributed by atoms with E-state index in [1.165, 1.54) is 62.8 Å². The number of ether oxygens (including phenoxy) is 6. The largest absolute Gasteiger partial charge is 0.523 e. The van der Waals surface area contributed by atoms with Crippen molar-refractivity contribution in [2.75, 3.05) is 14.2 Å². The molecule has 0 atom stereocenters. The average Bonchev–Trinajstić information content (AvgIpc) is 3.25. The fraction of sp³-hybridized carbons (Fsp3) is 0.146. The predicted octanol–water partition coefficient (Wildman–Crippen LogP) is 8.07. The zero-order chi connectivity index (χ0) is 43.7. The standard InChI is InChI=1S/C48H38O13.2Y/c1-29-5-9-31(10-6-29)45(51)33-13-23-39(58-37-19-15-35(56-3)16-20-37)41(25-33)60-43(49)27-48(55,47(53)54)28-44(50)61-42-26-34(46(52)32-11-7-30(2)8-12-32)14-24-40(42)59-38-21-17-36(57-4)18-22-38;;/h5-15,17,19-26,55H,27-28H2,1-4H3,(H,53,54);;/q-2;;. The quantitative estimate of drug-likeness (QED) is 0.0388. The number of aliphatic hydroxyl groups is 1. The van der Waals surface area contributed by atoms with Crippen LogP contribution in [-0.2, 0) is 79.8 Å². The Morgan fingerprint density at radius 1 is 0.524 bits per heavy atom. The number of ketones is 2. The van der Waals surface area contributed by atoms with E-state index in [0.29, 0.717) is 22.6 Å². The molecule has 0 aromatic heterocycles. The first kappa shape index (κ1) is 50.1. The van der Waals surface area contributed by atoms with Crippen molar-refractivity contribution in [2.24, 2.45) is 0 Å². The van der Waals surface area contributed by atoms with Crippen LogP contribution in [0.2, 0.25) is 0 Å². The van der Waals surface area contributed by atoms with Crippen LogP contribution in [0.4, 0.5) is 0 Å². The maximum absolute atomic E-state index is 13.5. The number of aryl methyl sites for hydroxylation is 2. The molecule has 0 aliphatic heterocycles. The van der Waals surface area contributed by atoms with E-state index in [-0.39, 0.29) is 111 Å². The molecule has 2 N–H and O–H groups in total. The smallest absolute Gasteiger partial charge is 0.336 e. The molecule has 0 bridgehead atoms. The first-order chi connectivity index (χ1) is 29.2. The van der Waals surface area contributed by atoms with Gasteiger partial charge in [0, 0.05) is 111 Å². The zero-order valence-corrected chi connectivity index (χ0v) is 40.2. The van der Waals surface area contributed by atoms with E-state index in [1.54, 1.807) is 72.8 Å². The Kier molecular flexibility index (Phi) is 18.0. The normalized spacial score (nSPS) is 10.6. The van der Waals surface area contributed by atoms with Crippen LogP contribution in [0.3, 0.4) is 0 Å². The predicted molar refractivity (Wildman–Crippen MR) is 219 cm³/mol. The molecular formula is C48H38O13Y2-2. The monoisotopic (exact) mass is 1000 g/mol. The van der Waals surface area contributed by atoms with Gasteiger partial charge in [-0.3, -0.25) is 19.2 Å². The number of hydrogen-bond donors (Lipinski definition) is 2. The van der Waals surface area contributed by atoms with Gasteiger partial charge in [-0.05, 0) is 50.2 Å². The first-order valence-corrected chi connectivity index (χ1v) is 18.6. The van der Waals surface area contributed by atoms with Crippen molar-refractivity contribution >= 4 is 29.5 Å².